The summed E-state index contributed by atoms with van der Waals surface area (Å²) in [5.74, 6) is 1.42. The first kappa shape index (κ1) is 23.6. The Labute approximate surface area is 188 Å². The number of nitrogens with zero attached hydrogens (tertiary/aromatic N) is 3. The monoisotopic (exact) mass is 428 g/mol. The third-order valence-corrected chi connectivity index (χ3v) is 6.57. The number of piperidine rings is 1. The largest absolute Gasteiger partial charge is 0.378 e. The number of hydrogen-bond donors (Lipinski definition) is 1. The quantitative estimate of drug-likeness (QED) is 0.535. The zero-order valence-electron chi connectivity index (χ0n) is 19.6. The number of guanidine groups is 1. The summed E-state index contributed by atoms with van der Waals surface area (Å²) >= 11 is 0. The topological polar surface area (TPSA) is 57.2 Å². The van der Waals surface area contributed by atoms with Gasteiger partial charge in [-0.05, 0) is 43.1 Å². The minimum absolute atomic E-state index is 0.141. The van der Waals surface area contributed by atoms with Crippen molar-refractivity contribution in [2.75, 3.05) is 53.0 Å². The molecule has 2 aliphatic heterocycles. The van der Waals surface area contributed by atoms with Crippen molar-refractivity contribution in [2.45, 2.75) is 46.0 Å². The van der Waals surface area contributed by atoms with Gasteiger partial charge in [-0.25, -0.2) is 0 Å². The van der Waals surface area contributed by atoms with Gasteiger partial charge in [-0.1, -0.05) is 44.2 Å². The number of carbonyl (C=O) groups is 1. The highest BCUT2D eigenvalue weighted by Crippen LogP contribution is 2.24. The van der Waals surface area contributed by atoms with Gasteiger partial charge in [0, 0.05) is 45.7 Å². The van der Waals surface area contributed by atoms with E-state index in [1.54, 1.807) is 0 Å². The maximum Gasteiger partial charge on any atom is 0.225 e. The molecule has 1 aromatic carbocycles. The molecule has 2 saturated heterocycles. The van der Waals surface area contributed by atoms with Gasteiger partial charge >= 0.3 is 0 Å². The Morgan fingerprint density at radius 1 is 1.10 bits per heavy atom. The number of likely N-dealkylation sites (tertiary alicyclic amines) is 1. The minimum Gasteiger partial charge on any atom is -0.378 e. The van der Waals surface area contributed by atoms with Gasteiger partial charge in [0.2, 0.25) is 5.91 Å². The highest BCUT2D eigenvalue weighted by molar-refractivity contribution is 5.81. The van der Waals surface area contributed by atoms with Gasteiger partial charge in [0.05, 0.1) is 13.2 Å². The molecule has 2 fully saturated rings. The summed E-state index contributed by atoms with van der Waals surface area (Å²) < 4.78 is 5.38. The number of amides is 1. The van der Waals surface area contributed by atoms with Crippen molar-refractivity contribution in [3.8, 4) is 0 Å². The van der Waals surface area contributed by atoms with E-state index in [4.69, 9.17) is 4.74 Å². The second kappa shape index (κ2) is 11.5. The Hall–Kier alpha value is -2.08. The van der Waals surface area contributed by atoms with Crippen molar-refractivity contribution in [2.24, 2.45) is 16.3 Å². The van der Waals surface area contributed by atoms with E-state index in [1.807, 2.05) is 11.9 Å². The van der Waals surface area contributed by atoms with E-state index in [1.165, 1.54) is 18.4 Å². The van der Waals surface area contributed by atoms with Crippen LogP contribution in [0.15, 0.2) is 35.3 Å². The van der Waals surface area contributed by atoms with Crippen LogP contribution in [-0.2, 0) is 16.0 Å². The molecule has 1 amide bonds. The lowest BCUT2D eigenvalue weighted by Gasteiger charge is -2.37. The number of rotatable bonds is 7. The average Bonchev–Trinajstić information content (AvgIpc) is 2.80. The Balaban J connectivity index is 1.40. The fraction of sp³-hybridized carbons (Fsp3) is 0.680. The van der Waals surface area contributed by atoms with Crippen molar-refractivity contribution in [1.82, 2.24) is 15.1 Å². The first-order valence-corrected chi connectivity index (χ1v) is 11.8. The summed E-state index contributed by atoms with van der Waals surface area (Å²) in [5.41, 5.74) is 1.62. The van der Waals surface area contributed by atoms with E-state index in [9.17, 15) is 4.79 Å². The van der Waals surface area contributed by atoms with E-state index in [2.05, 4.69) is 59.4 Å². The molecule has 0 aliphatic carbocycles. The third-order valence-electron chi connectivity index (χ3n) is 6.57. The lowest BCUT2D eigenvalue weighted by Crippen LogP contribution is -2.51. The molecule has 2 heterocycles. The van der Waals surface area contributed by atoms with E-state index in [0.717, 1.165) is 57.9 Å². The molecule has 3 rings (SSSR count). The van der Waals surface area contributed by atoms with Crippen LogP contribution in [0.4, 0.5) is 0 Å². The number of aryl methyl sites for hydroxylation is 1. The number of nitrogens with one attached hydrogen (secondary N) is 1. The summed E-state index contributed by atoms with van der Waals surface area (Å²) in [6, 6.07) is 10.7. The normalized spacial score (nSPS) is 18.9. The van der Waals surface area contributed by atoms with Gasteiger partial charge in [0.15, 0.2) is 5.96 Å². The third kappa shape index (κ3) is 7.23. The summed E-state index contributed by atoms with van der Waals surface area (Å²) in [7, 11) is 1.86. The Morgan fingerprint density at radius 2 is 1.77 bits per heavy atom. The molecule has 31 heavy (non-hydrogen) atoms. The molecule has 1 aromatic rings. The van der Waals surface area contributed by atoms with E-state index < -0.39 is 0 Å². The van der Waals surface area contributed by atoms with Crippen LogP contribution < -0.4 is 5.32 Å². The number of benzene rings is 1. The maximum absolute atomic E-state index is 12.8. The Bertz CT molecular complexity index is 705. The van der Waals surface area contributed by atoms with Crippen LogP contribution in [0.3, 0.4) is 0 Å². The fourth-order valence-corrected chi connectivity index (χ4v) is 4.53. The second-order valence-electron chi connectivity index (χ2n) is 9.60. The van der Waals surface area contributed by atoms with Crippen molar-refractivity contribution < 1.29 is 9.53 Å². The molecule has 0 unspecified atom stereocenters. The number of ether oxygens (including phenoxy) is 1. The van der Waals surface area contributed by atoms with Crippen LogP contribution >= 0.6 is 0 Å². The number of aliphatic imine (C=N–C) groups is 1. The van der Waals surface area contributed by atoms with Gasteiger partial charge in [-0.3, -0.25) is 9.79 Å². The predicted molar refractivity (Wildman–Crippen MR) is 126 cm³/mol. The standard InChI is InChI=1S/C25H40N4O2/c1-25(2,13-7-10-21-8-5-4-6-9-21)20-27-24(26-3)29-14-11-22(12-15-29)23(30)28-16-18-31-19-17-28/h4-6,8-9,22H,7,10-20H2,1-3H3,(H,26,27). The molecule has 0 atom stereocenters. The lowest BCUT2D eigenvalue weighted by atomic mass is 9.86. The van der Waals surface area contributed by atoms with Crippen LogP contribution in [0.25, 0.3) is 0 Å². The summed E-state index contributed by atoms with van der Waals surface area (Å²) in [6.45, 7) is 10.1. The first-order chi connectivity index (χ1) is 15.0. The van der Waals surface area contributed by atoms with Gasteiger partial charge in [0.25, 0.3) is 0 Å². The predicted octanol–water partition coefficient (Wildman–Crippen LogP) is 3.18. The smallest absolute Gasteiger partial charge is 0.225 e. The molecular weight excluding hydrogens is 388 g/mol. The van der Waals surface area contributed by atoms with Gasteiger partial charge in [-0.2, -0.15) is 0 Å². The van der Waals surface area contributed by atoms with E-state index in [0.29, 0.717) is 19.1 Å². The molecule has 0 spiro atoms. The average molecular weight is 429 g/mol. The van der Waals surface area contributed by atoms with Crippen LogP contribution in [-0.4, -0.2) is 74.7 Å². The van der Waals surface area contributed by atoms with Crippen molar-refractivity contribution in [3.63, 3.8) is 0 Å². The molecule has 0 bridgehead atoms. The fourth-order valence-electron chi connectivity index (χ4n) is 4.53. The Kier molecular flexibility index (Phi) is 8.76. The summed E-state index contributed by atoms with van der Waals surface area (Å²) in [4.78, 5) is 21.6. The molecule has 1 N–H and O–H groups in total. The van der Waals surface area contributed by atoms with E-state index >= 15 is 0 Å². The van der Waals surface area contributed by atoms with Crippen molar-refractivity contribution in [1.29, 1.82) is 0 Å². The van der Waals surface area contributed by atoms with Crippen LogP contribution in [0.2, 0.25) is 0 Å². The van der Waals surface area contributed by atoms with Crippen molar-refractivity contribution in [3.05, 3.63) is 35.9 Å². The summed E-state index contributed by atoms with van der Waals surface area (Å²) in [6.07, 6.45) is 5.28. The molecule has 2 aliphatic rings. The zero-order chi connectivity index (χ0) is 22.1. The minimum atomic E-state index is 0.141. The number of hydrogen-bond acceptors (Lipinski definition) is 3. The Morgan fingerprint density at radius 3 is 2.42 bits per heavy atom. The SMILES string of the molecule is CN=C(NCC(C)(C)CCCc1ccccc1)N1CCC(C(=O)N2CCOCC2)CC1. The van der Waals surface area contributed by atoms with Crippen LogP contribution in [0.1, 0.15) is 45.1 Å². The maximum atomic E-state index is 12.8. The molecule has 0 aromatic heterocycles. The number of morpholine rings is 1. The zero-order valence-corrected chi connectivity index (χ0v) is 19.6. The first-order valence-electron chi connectivity index (χ1n) is 11.8. The summed E-state index contributed by atoms with van der Waals surface area (Å²) in [5, 5.41) is 3.60. The molecule has 172 valence electrons. The lowest BCUT2D eigenvalue weighted by molar-refractivity contribution is -0.140. The van der Waals surface area contributed by atoms with Crippen molar-refractivity contribution >= 4 is 11.9 Å². The highest BCUT2D eigenvalue weighted by atomic mass is 16.5. The molecule has 0 radical (unpaired) electrons. The van der Waals surface area contributed by atoms with Crippen LogP contribution in [0, 0.1) is 11.3 Å². The molecule has 6 nitrogen and oxygen atoms in total. The van der Waals surface area contributed by atoms with E-state index in [-0.39, 0.29) is 11.3 Å². The second-order valence-corrected chi connectivity index (χ2v) is 9.60. The van der Waals surface area contributed by atoms with Gasteiger partial charge in [-0.15, -0.1) is 0 Å². The number of carbonyl (C=O) groups excluding carboxylic acids is 1. The highest BCUT2D eigenvalue weighted by Gasteiger charge is 2.30. The van der Waals surface area contributed by atoms with Gasteiger partial charge in [0.1, 0.15) is 0 Å². The molecule has 6 heteroatoms. The molecular formula is C25H40N4O2. The van der Waals surface area contributed by atoms with Gasteiger partial charge < -0.3 is 19.9 Å². The van der Waals surface area contributed by atoms with Crippen LogP contribution in [0.5, 0.6) is 0 Å². The molecule has 0 saturated carbocycles.